The van der Waals surface area contributed by atoms with Gasteiger partial charge in [-0.15, -0.1) is 0 Å². The highest BCUT2D eigenvalue weighted by atomic mass is 16.3. The molecule has 0 atom stereocenters. The lowest BCUT2D eigenvalue weighted by molar-refractivity contribution is 0.122. The third-order valence-corrected chi connectivity index (χ3v) is 3.56. The molecule has 82 valence electrons. The zero-order valence-corrected chi connectivity index (χ0v) is 9.45. The van der Waals surface area contributed by atoms with E-state index < -0.39 is 0 Å². The minimum atomic E-state index is -0.0452. The van der Waals surface area contributed by atoms with Crippen LogP contribution >= 0.6 is 0 Å². The van der Waals surface area contributed by atoms with Crippen molar-refractivity contribution in [3.63, 3.8) is 0 Å². The maximum atomic E-state index is 9.46. The molecule has 2 rings (SSSR count). The van der Waals surface area contributed by atoms with Gasteiger partial charge in [0.2, 0.25) is 0 Å². The van der Waals surface area contributed by atoms with Crippen LogP contribution in [0.3, 0.4) is 0 Å². The van der Waals surface area contributed by atoms with Crippen molar-refractivity contribution in [2.75, 3.05) is 0 Å². The van der Waals surface area contributed by atoms with Crippen molar-refractivity contribution in [2.24, 2.45) is 0 Å². The molecule has 1 aliphatic rings. The lowest BCUT2D eigenvalue weighted by atomic mass is 9.82. The molecule has 1 heteroatoms. The van der Waals surface area contributed by atoms with E-state index >= 15 is 0 Å². The summed E-state index contributed by atoms with van der Waals surface area (Å²) in [7, 11) is 0. The van der Waals surface area contributed by atoms with Crippen LogP contribution in [0.15, 0.2) is 24.3 Å². The highest BCUT2D eigenvalue weighted by Gasteiger charge is 2.20. The molecule has 0 aliphatic heterocycles. The Bertz CT molecular complexity index is 294. The largest absolute Gasteiger partial charge is 0.393 e. The monoisotopic (exact) mass is 204 g/mol. The molecule has 0 aromatic heterocycles. The van der Waals surface area contributed by atoms with Gasteiger partial charge in [0.05, 0.1) is 6.10 Å². The van der Waals surface area contributed by atoms with E-state index in [-0.39, 0.29) is 6.10 Å². The van der Waals surface area contributed by atoms with Gasteiger partial charge in [-0.05, 0) is 49.1 Å². The van der Waals surface area contributed by atoms with Crippen molar-refractivity contribution in [3.05, 3.63) is 35.4 Å². The molecule has 0 heterocycles. The molecular weight excluding hydrogens is 184 g/mol. The predicted molar refractivity (Wildman–Crippen MR) is 63.0 cm³/mol. The van der Waals surface area contributed by atoms with E-state index in [1.807, 2.05) is 0 Å². The van der Waals surface area contributed by atoms with Crippen LogP contribution in [0.25, 0.3) is 0 Å². The van der Waals surface area contributed by atoms with Gasteiger partial charge in [-0.1, -0.05) is 31.2 Å². The first-order chi connectivity index (χ1) is 7.29. The second-order valence-corrected chi connectivity index (χ2v) is 4.60. The smallest absolute Gasteiger partial charge is 0.0540 e. The van der Waals surface area contributed by atoms with Crippen LogP contribution < -0.4 is 0 Å². The maximum absolute atomic E-state index is 9.46. The number of benzene rings is 1. The summed E-state index contributed by atoms with van der Waals surface area (Å²) >= 11 is 0. The Kier molecular flexibility index (Phi) is 3.42. The van der Waals surface area contributed by atoms with E-state index in [4.69, 9.17) is 0 Å². The Hall–Kier alpha value is -0.820. The number of hydrogen-bond donors (Lipinski definition) is 1. The summed E-state index contributed by atoms with van der Waals surface area (Å²) in [4.78, 5) is 0. The molecule has 1 N–H and O–H groups in total. The van der Waals surface area contributed by atoms with E-state index in [1.54, 1.807) is 0 Å². The number of rotatable bonds is 2. The van der Waals surface area contributed by atoms with Gasteiger partial charge in [0.1, 0.15) is 0 Å². The Morgan fingerprint density at radius 1 is 1.07 bits per heavy atom. The molecule has 0 radical (unpaired) electrons. The minimum Gasteiger partial charge on any atom is -0.393 e. The van der Waals surface area contributed by atoms with Crippen molar-refractivity contribution in [3.8, 4) is 0 Å². The highest BCUT2D eigenvalue weighted by Crippen LogP contribution is 2.32. The molecule has 0 saturated heterocycles. The van der Waals surface area contributed by atoms with Gasteiger partial charge in [-0.25, -0.2) is 0 Å². The molecular formula is C14H20O. The second-order valence-electron chi connectivity index (χ2n) is 4.60. The van der Waals surface area contributed by atoms with Crippen LogP contribution in [0.4, 0.5) is 0 Å². The van der Waals surface area contributed by atoms with Gasteiger partial charge in [0.25, 0.3) is 0 Å². The van der Waals surface area contributed by atoms with E-state index in [0.717, 1.165) is 32.1 Å². The maximum Gasteiger partial charge on any atom is 0.0540 e. The average molecular weight is 204 g/mol. The summed E-state index contributed by atoms with van der Waals surface area (Å²) in [6.45, 7) is 2.19. The topological polar surface area (TPSA) is 20.2 Å². The third kappa shape index (κ3) is 2.60. The van der Waals surface area contributed by atoms with Crippen LogP contribution in [0.1, 0.15) is 49.7 Å². The van der Waals surface area contributed by atoms with E-state index in [2.05, 4.69) is 31.2 Å². The van der Waals surface area contributed by atoms with Gasteiger partial charge in [-0.2, -0.15) is 0 Å². The van der Waals surface area contributed by atoms with Gasteiger partial charge in [-0.3, -0.25) is 0 Å². The molecule has 1 aromatic rings. The van der Waals surface area contributed by atoms with Crippen molar-refractivity contribution < 1.29 is 5.11 Å². The van der Waals surface area contributed by atoms with Crippen LogP contribution in [0.2, 0.25) is 0 Å². The Balaban J connectivity index is 2.03. The van der Waals surface area contributed by atoms with E-state index in [1.165, 1.54) is 11.1 Å². The Morgan fingerprint density at radius 3 is 2.20 bits per heavy atom. The van der Waals surface area contributed by atoms with Crippen molar-refractivity contribution in [1.29, 1.82) is 0 Å². The lowest BCUT2D eigenvalue weighted by Crippen LogP contribution is -2.16. The van der Waals surface area contributed by atoms with Crippen molar-refractivity contribution in [2.45, 2.75) is 51.0 Å². The van der Waals surface area contributed by atoms with Gasteiger partial charge in [0, 0.05) is 0 Å². The van der Waals surface area contributed by atoms with Gasteiger partial charge >= 0.3 is 0 Å². The molecule has 0 unspecified atom stereocenters. The molecule has 0 bridgehead atoms. The molecule has 0 amide bonds. The predicted octanol–water partition coefficient (Wildman–Crippen LogP) is 3.27. The molecule has 1 nitrogen and oxygen atoms in total. The van der Waals surface area contributed by atoms with Crippen molar-refractivity contribution >= 4 is 0 Å². The van der Waals surface area contributed by atoms with Gasteiger partial charge < -0.3 is 5.11 Å². The Morgan fingerprint density at radius 2 is 1.67 bits per heavy atom. The van der Waals surface area contributed by atoms with E-state index in [0.29, 0.717) is 5.92 Å². The fourth-order valence-corrected chi connectivity index (χ4v) is 2.43. The molecule has 1 aromatic carbocycles. The molecule has 0 spiro atoms. The summed E-state index contributed by atoms with van der Waals surface area (Å²) in [5.74, 6) is 0.680. The van der Waals surface area contributed by atoms with E-state index in [9.17, 15) is 5.11 Å². The second kappa shape index (κ2) is 4.80. The van der Waals surface area contributed by atoms with Crippen LogP contribution in [-0.2, 0) is 6.42 Å². The van der Waals surface area contributed by atoms with Crippen LogP contribution in [0, 0.1) is 0 Å². The molecule has 15 heavy (non-hydrogen) atoms. The first kappa shape index (κ1) is 10.7. The zero-order valence-electron chi connectivity index (χ0n) is 9.45. The normalized spacial score (nSPS) is 26.5. The Labute approximate surface area is 92.1 Å². The first-order valence-corrected chi connectivity index (χ1v) is 6.06. The minimum absolute atomic E-state index is 0.0452. The van der Waals surface area contributed by atoms with Crippen molar-refractivity contribution in [1.82, 2.24) is 0 Å². The van der Waals surface area contributed by atoms with Gasteiger partial charge in [0.15, 0.2) is 0 Å². The fourth-order valence-electron chi connectivity index (χ4n) is 2.43. The first-order valence-electron chi connectivity index (χ1n) is 6.06. The summed E-state index contributed by atoms with van der Waals surface area (Å²) in [5.41, 5.74) is 2.87. The SMILES string of the molecule is CCc1ccc(C2CCC(O)CC2)cc1. The summed E-state index contributed by atoms with van der Waals surface area (Å²) in [6, 6.07) is 9.00. The lowest BCUT2D eigenvalue weighted by Gasteiger charge is -2.25. The average Bonchev–Trinajstić information content (AvgIpc) is 2.30. The fraction of sp³-hybridized carbons (Fsp3) is 0.571. The third-order valence-electron chi connectivity index (χ3n) is 3.56. The summed E-state index contributed by atoms with van der Waals surface area (Å²) in [6.07, 6.45) is 5.31. The number of aryl methyl sites for hydroxylation is 1. The quantitative estimate of drug-likeness (QED) is 0.784. The highest BCUT2D eigenvalue weighted by molar-refractivity contribution is 5.25. The number of hydrogen-bond acceptors (Lipinski definition) is 1. The number of aliphatic hydroxyl groups is 1. The molecule has 1 saturated carbocycles. The number of aliphatic hydroxyl groups excluding tert-OH is 1. The van der Waals surface area contributed by atoms with Crippen LogP contribution in [0.5, 0.6) is 0 Å². The molecule has 1 aliphatic carbocycles. The molecule has 1 fully saturated rings. The summed E-state index contributed by atoms with van der Waals surface area (Å²) in [5, 5.41) is 9.46. The summed E-state index contributed by atoms with van der Waals surface area (Å²) < 4.78 is 0. The zero-order chi connectivity index (χ0) is 10.7. The van der Waals surface area contributed by atoms with Crippen LogP contribution in [-0.4, -0.2) is 11.2 Å². The standard InChI is InChI=1S/C14H20O/c1-2-11-3-5-12(6-4-11)13-7-9-14(15)10-8-13/h3-6,13-15H,2,7-10H2,1H3.